The monoisotopic (exact) mass is 259 g/mol. The van der Waals surface area contributed by atoms with E-state index in [-0.39, 0.29) is 6.04 Å². The highest BCUT2D eigenvalue weighted by Crippen LogP contribution is 2.26. The first-order valence-corrected chi connectivity index (χ1v) is 6.54. The van der Waals surface area contributed by atoms with Gasteiger partial charge in [0.25, 0.3) is 0 Å². The molecule has 4 nitrogen and oxygen atoms in total. The van der Waals surface area contributed by atoms with Crippen molar-refractivity contribution in [3.63, 3.8) is 0 Å². The minimum atomic E-state index is 0.145. The fourth-order valence-electron chi connectivity index (χ4n) is 2.42. The van der Waals surface area contributed by atoms with Gasteiger partial charge in [-0.05, 0) is 44.2 Å². The van der Waals surface area contributed by atoms with Crippen LogP contribution in [-0.4, -0.2) is 23.9 Å². The lowest BCUT2D eigenvalue weighted by Gasteiger charge is -2.19. The number of nitrogens with one attached hydrogen (secondary N) is 1. The van der Waals surface area contributed by atoms with Gasteiger partial charge in [0.15, 0.2) is 0 Å². The van der Waals surface area contributed by atoms with E-state index in [0.29, 0.717) is 0 Å². The highest BCUT2D eigenvalue weighted by atomic mass is 16.5. The summed E-state index contributed by atoms with van der Waals surface area (Å²) in [6, 6.07) is 8.48. The molecule has 102 valence electrons. The number of ether oxygens (including phenoxy) is 1. The van der Waals surface area contributed by atoms with Crippen molar-refractivity contribution < 1.29 is 4.74 Å². The Morgan fingerprint density at radius 1 is 1.37 bits per heavy atom. The standard InChI is InChI=1S/C15H21N3O/c1-5-18-13(8-9-17-18)15(16-3)12-6-7-14(19-4)11(2)10-12/h6-10,15-16H,5H2,1-4H3. The van der Waals surface area contributed by atoms with Gasteiger partial charge in [-0.3, -0.25) is 4.68 Å². The van der Waals surface area contributed by atoms with Gasteiger partial charge < -0.3 is 10.1 Å². The smallest absolute Gasteiger partial charge is 0.121 e. The summed E-state index contributed by atoms with van der Waals surface area (Å²) in [6.45, 7) is 5.03. The summed E-state index contributed by atoms with van der Waals surface area (Å²) < 4.78 is 7.33. The Kier molecular flexibility index (Phi) is 4.22. The Labute approximate surface area is 114 Å². The molecule has 0 spiro atoms. The van der Waals surface area contributed by atoms with Crippen molar-refractivity contribution in [3.05, 3.63) is 47.3 Å². The molecule has 0 fully saturated rings. The molecule has 0 aliphatic rings. The average Bonchev–Trinajstić information content (AvgIpc) is 2.88. The van der Waals surface area contributed by atoms with Crippen LogP contribution in [0.1, 0.15) is 29.8 Å². The zero-order chi connectivity index (χ0) is 13.8. The summed E-state index contributed by atoms with van der Waals surface area (Å²) in [5.74, 6) is 0.919. The molecule has 0 aliphatic carbocycles. The summed E-state index contributed by atoms with van der Waals surface area (Å²) in [6.07, 6.45) is 1.85. The summed E-state index contributed by atoms with van der Waals surface area (Å²) in [5.41, 5.74) is 3.54. The Morgan fingerprint density at radius 3 is 2.74 bits per heavy atom. The molecular weight excluding hydrogens is 238 g/mol. The Bertz CT molecular complexity index is 548. The predicted molar refractivity (Wildman–Crippen MR) is 76.5 cm³/mol. The summed E-state index contributed by atoms with van der Waals surface area (Å²) >= 11 is 0. The maximum absolute atomic E-state index is 5.31. The van der Waals surface area contributed by atoms with E-state index < -0.39 is 0 Å². The molecular formula is C15H21N3O. The van der Waals surface area contributed by atoms with Crippen molar-refractivity contribution >= 4 is 0 Å². The highest BCUT2D eigenvalue weighted by molar-refractivity contribution is 5.39. The Hall–Kier alpha value is -1.81. The molecule has 1 atom stereocenters. The first-order chi connectivity index (χ1) is 9.21. The number of rotatable bonds is 5. The third-order valence-corrected chi connectivity index (χ3v) is 3.39. The molecule has 1 unspecified atom stereocenters. The van der Waals surface area contributed by atoms with E-state index in [1.807, 2.05) is 24.0 Å². The van der Waals surface area contributed by atoms with E-state index in [1.165, 1.54) is 11.3 Å². The second-order valence-corrected chi connectivity index (χ2v) is 4.52. The lowest BCUT2D eigenvalue weighted by Crippen LogP contribution is -2.21. The highest BCUT2D eigenvalue weighted by Gasteiger charge is 2.16. The van der Waals surface area contributed by atoms with Gasteiger partial charge in [0.1, 0.15) is 5.75 Å². The first kappa shape index (κ1) is 13.6. The molecule has 0 aliphatic heterocycles. The van der Waals surface area contributed by atoms with Crippen molar-refractivity contribution in [1.29, 1.82) is 0 Å². The molecule has 0 saturated heterocycles. The van der Waals surface area contributed by atoms with Crippen LogP contribution in [-0.2, 0) is 6.54 Å². The van der Waals surface area contributed by atoms with Gasteiger partial charge >= 0.3 is 0 Å². The maximum Gasteiger partial charge on any atom is 0.121 e. The number of aromatic nitrogens is 2. The van der Waals surface area contributed by atoms with Crippen molar-refractivity contribution in [2.45, 2.75) is 26.4 Å². The molecule has 2 aromatic rings. The lowest BCUT2D eigenvalue weighted by atomic mass is 10.0. The number of benzene rings is 1. The summed E-state index contributed by atoms with van der Waals surface area (Å²) in [5, 5.41) is 7.70. The second-order valence-electron chi connectivity index (χ2n) is 4.52. The molecule has 0 amide bonds. The number of hydrogen-bond donors (Lipinski definition) is 1. The SMILES string of the molecule is CCn1nccc1C(NC)c1ccc(OC)c(C)c1. The number of nitrogens with zero attached hydrogens (tertiary/aromatic N) is 2. The molecule has 1 aromatic heterocycles. The van der Waals surface area contributed by atoms with Crippen LogP contribution in [0.4, 0.5) is 0 Å². The van der Waals surface area contributed by atoms with E-state index in [1.54, 1.807) is 7.11 Å². The van der Waals surface area contributed by atoms with Crippen LogP contribution in [0.3, 0.4) is 0 Å². The molecule has 19 heavy (non-hydrogen) atoms. The lowest BCUT2D eigenvalue weighted by molar-refractivity contribution is 0.411. The maximum atomic E-state index is 5.31. The van der Waals surface area contributed by atoms with E-state index >= 15 is 0 Å². The average molecular weight is 259 g/mol. The zero-order valence-electron chi connectivity index (χ0n) is 12.0. The largest absolute Gasteiger partial charge is 0.496 e. The third kappa shape index (κ3) is 2.63. The van der Waals surface area contributed by atoms with E-state index in [0.717, 1.165) is 17.9 Å². The molecule has 2 rings (SSSR count). The molecule has 1 N–H and O–H groups in total. The fourth-order valence-corrected chi connectivity index (χ4v) is 2.42. The van der Waals surface area contributed by atoms with Gasteiger partial charge in [-0.25, -0.2) is 0 Å². The molecule has 1 aromatic carbocycles. The number of hydrogen-bond acceptors (Lipinski definition) is 3. The zero-order valence-corrected chi connectivity index (χ0v) is 12.0. The van der Waals surface area contributed by atoms with Crippen molar-refractivity contribution in [1.82, 2.24) is 15.1 Å². The van der Waals surface area contributed by atoms with Gasteiger partial charge in [0, 0.05) is 12.7 Å². The third-order valence-electron chi connectivity index (χ3n) is 3.39. The normalized spacial score (nSPS) is 12.4. The second kappa shape index (κ2) is 5.89. The van der Waals surface area contributed by atoms with Crippen LogP contribution in [0.15, 0.2) is 30.5 Å². The van der Waals surface area contributed by atoms with Crippen LogP contribution >= 0.6 is 0 Å². The van der Waals surface area contributed by atoms with Gasteiger partial charge in [-0.15, -0.1) is 0 Å². The van der Waals surface area contributed by atoms with E-state index in [4.69, 9.17) is 4.74 Å². The van der Waals surface area contributed by atoms with Crippen LogP contribution in [0.2, 0.25) is 0 Å². The topological polar surface area (TPSA) is 39.1 Å². The fraction of sp³-hybridized carbons (Fsp3) is 0.400. The van der Waals surface area contributed by atoms with Crippen LogP contribution < -0.4 is 10.1 Å². The molecule has 0 radical (unpaired) electrons. The summed E-state index contributed by atoms with van der Waals surface area (Å²) in [7, 11) is 3.67. The van der Waals surface area contributed by atoms with Crippen molar-refractivity contribution in [2.24, 2.45) is 0 Å². The Balaban J connectivity index is 2.40. The van der Waals surface area contributed by atoms with E-state index in [9.17, 15) is 0 Å². The van der Waals surface area contributed by atoms with Crippen LogP contribution in [0.5, 0.6) is 5.75 Å². The van der Waals surface area contributed by atoms with Crippen LogP contribution in [0, 0.1) is 6.92 Å². The van der Waals surface area contributed by atoms with Crippen molar-refractivity contribution in [3.8, 4) is 5.75 Å². The van der Waals surface area contributed by atoms with Crippen LogP contribution in [0.25, 0.3) is 0 Å². The molecule has 1 heterocycles. The summed E-state index contributed by atoms with van der Waals surface area (Å²) in [4.78, 5) is 0. The Morgan fingerprint density at radius 2 is 2.16 bits per heavy atom. The van der Waals surface area contributed by atoms with Gasteiger partial charge in [0.2, 0.25) is 0 Å². The quantitative estimate of drug-likeness (QED) is 0.897. The van der Waals surface area contributed by atoms with E-state index in [2.05, 4.69) is 42.5 Å². The predicted octanol–water partition coefficient (Wildman–Crippen LogP) is 2.53. The molecule has 0 bridgehead atoms. The number of aryl methyl sites for hydroxylation is 2. The van der Waals surface area contributed by atoms with Crippen molar-refractivity contribution in [2.75, 3.05) is 14.2 Å². The first-order valence-electron chi connectivity index (χ1n) is 6.54. The molecule has 4 heteroatoms. The minimum Gasteiger partial charge on any atom is -0.496 e. The van der Waals surface area contributed by atoms with Gasteiger partial charge in [-0.2, -0.15) is 5.10 Å². The van der Waals surface area contributed by atoms with Gasteiger partial charge in [-0.1, -0.05) is 12.1 Å². The van der Waals surface area contributed by atoms with Gasteiger partial charge in [0.05, 0.1) is 18.8 Å². The number of methoxy groups -OCH3 is 1. The minimum absolute atomic E-state index is 0.145. The molecule has 0 saturated carbocycles.